The summed E-state index contributed by atoms with van der Waals surface area (Å²) >= 11 is 1.51. The van der Waals surface area contributed by atoms with Crippen LogP contribution in [0.15, 0.2) is 6.20 Å². The van der Waals surface area contributed by atoms with E-state index in [0.29, 0.717) is 17.6 Å². The molecule has 1 fully saturated rings. The molecular formula is C12H19N3O2S. The second-order valence-electron chi connectivity index (χ2n) is 4.77. The maximum atomic E-state index is 11.9. The number of aromatic nitrogens is 1. The van der Waals surface area contributed by atoms with E-state index >= 15 is 0 Å². The minimum Gasteiger partial charge on any atom is -0.364 e. The molecule has 1 aromatic heterocycles. The number of rotatable bonds is 4. The van der Waals surface area contributed by atoms with E-state index in [-0.39, 0.29) is 18.1 Å². The predicted octanol–water partition coefficient (Wildman–Crippen LogP) is 1.71. The number of anilines is 1. The molecule has 1 saturated heterocycles. The van der Waals surface area contributed by atoms with Crippen molar-refractivity contribution in [3.05, 3.63) is 11.1 Å². The summed E-state index contributed by atoms with van der Waals surface area (Å²) in [6.07, 6.45) is 3.02. The van der Waals surface area contributed by atoms with Crippen molar-refractivity contribution < 1.29 is 9.53 Å². The number of nitrogens with zero attached hydrogens (tertiary/aromatic N) is 1. The predicted molar refractivity (Wildman–Crippen MR) is 71.8 cm³/mol. The summed E-state index contributed by atoms with van der Waals surface area (Å²) in [4.78, 5) is 17.3. The Balaban J connectivity index is 1.91. The van der Waals surface area contributed by atoms with Crippen LogP contribution in [0.5, 0.6) is 0 Å². The fourth-order valence-corrected chi connectivity index (χ4v) is 2.69. The topological polar surface area (TPSA) is 77.2 Å². The van der Waals surface area contributed by atoms with Gasteiger partial charge in [-0.15, -0.1) is 11.3 Å². The quantitative estimate of drug-likeness (QED) is 0.872. The van der Waals surface area contributed by atoms with E-state index in [2.05, 4.69) is 24.1 Å². The van der Waals surface area contributed by atoms with Crippen LogP contribution < -0.4 is 11.1 Å². The fourth-order valence-electron chi connectivity index (χ4n) is 1.87. The molecule has 2 atom stereocenters. The Morgan fingerprint density at radius 1 is 1.67 bits per heavy atom. The van der Waals surface area contributed by atoms with Crippen LogP contribution in [0.25, 0.3) is 0 Å². The summed E-state index contributed by atoms with van der Waals surface area (Å²) in [5.74, 6) is 0.313. The number of nitrogens with one attached hydrogen (secondary N) is 1. The third kappa shape index (κ3) is 3.07. The molecule has 1 aliphatic heterocycles. The van der Waals surface area contributed by atoms with Crippen LogP contribution in [-0.2, 0) is 9.53 Å². The highest BCUT2D eigenvalue weighted by molar-refractivity contribution is 7.15. The van der Waals surface area contributed by atoms with Crippen LogP contribution >= 0.6 is 11.3 Å². The van der Waals surface area contributed by atoms with Crippen molar-refractivity contribution in [1.29, 1.82) is 0 Å². The minimum absolute atomic E-state index is 0.0169. The van der Waals surface area contributed by atoms with Gasteiger partial charge in [0.15, 0.2) is 5.13 Å². The Labute approximate surface area is 111 Å². The Bertz CT molecular complexity index is 419. The molecule has 18 heavy (non-hydrogen) atoms. The van der Waals surface area contributed by atoms with Crippen LogP contribution in [-0.4, -0.2) is 29.6 Å². The standard InChI is InChI=1S/C12H19N3O2S/c1-7(2)10-6-14-12(18-10)15-11(16)9-4-3-8(5-13)17-9/h6-9H,3-5,13H2,1-2H3,(H,14,15,16)/t8-,9+/m1/s1. The Hall–Kier alpha value is -0.980. The van der Waals surface area contributed by atoms with Gasteiger partial charge < -0.3 is 10.5 Å². The van der Waals surface area contributed by atoms with E-state index in [0.717, 1.165) is 17.7 Å². The molecule has 3 N–H and O–H groups in total. The average molecular weight is 269 g/mol. The molecule has 0 radical (unpaired) electrons. The first kappa shape index (κ1) is 13.5. The summed E-state index contributed by atoms with van der Waals surface area (Å²) in [6.45, 7) is 4.68. The van der Waals surface area contributed by atoms with Gasteiger partial charge in [0.2, 0.25) is 0 Å². The highest BCUT2D eigenvalue weighted by Crippen LogP contribution is 2.26. The van der Waals surface area contributed by atoms with Crippen LogP contribution in [0, 0.1) is 0 Å². The van der Waals surface area contributed by atoms with Gasteiger partial charge in [-0.05, 0) is 18.8 Å². The second kappa shape index (κ2) is 5.77. The molecular weight excluding hydrogens is 250 g/mol. The molecule has 1 aliphatic rings. The minimum atomic E-state index is -0.384. The first-order valence-electron chi connectivity index (χ1n) is 6.22. The number of nitrogens with two attached hydrogens (primary N) is 1. The smallest absolute Gasteiger partial charge is 0.255 e. The molecule has 1 aromatic rings. The van der Waals surface area contributed by atoms with Crippen molar-refractivity contribution in [2.24, 2.45) is 5.73 Å². The summed E-state index contributed by atoms with van der Waals surface area (Å²) in [5.41, 5.74) is 5.52. The van der Waals surface area contributed by atoms with Gasteiger partial charge >= 0.3 is 0 Å². The van der Waals surface area contributed by atoms with E-state index in [9.17, 15) is 4.79 Å². The fraction of sp³-hybridized carbons (Fsp3) is 0.667. The first-order valence-corrected chi connectivity index (χ1v) is 7.04. The number of carbonyl (C=O) groups is 1. The highest BCUT2D eigenvalue weighted by Gasteiger charge is 2.30. The number of carbonyl (C=O) groups excluding carboxylic acids is 1. The molecule has 6 heteroatoms. The largest absolute Gasteiger partial charge is 0.364 e. The molecule has 2 rings (SSSR count). The van der Waals surface area contributed by atoms with E-state index < -0.39 is 0 Å². The van der Waals surface area contributed by atoms with Gasteiger partial charge in [0.1, 0.15) is 6.10 Å². The number of amides is 1. The lowest BCUT2D eigenvalue weighted by Crippen LogP contribution is -2.29. The summed E-state index contributed by atoms with van der Waals surface area (Å²) in [7, 11) is 0. The lowest BCUT2D eigenvalue weighted by molar-refractivity contribution is -0.126. The number of ether oxygens (including phenoxy) is 1. The molecule has 0 aliphatic carbocycles. The SMILES string of the molecule is CC(C)c1cnc(NC(=O)[C@@H]2CC[C@H](CN)O2)s1. The van der Waals surface area contributed by atoms with Gasteiger partial charge in [0, 0.05) is 17.6 Å². The summed E-state index contributed by atoms with van der Waals surface area (Å²) < 4.78 is 5.54. The van der Waals surface area contributed by atoms with Crippen LogP contribution in [0.4, 0.5) is 5.13 Å². The van der Waals surface area contributed by atoms with Crippen LogP contribution in [0.1, 0.15) is 37.5 Å². The monoisotopic (exact) mass is 269 g/mol. The zero-order chi connectivity index (χ0) is 13.1. The van der Waals surface area contributed by atoms with Gasteiger partial charge in [-0.3, -0.25) is 10.1 Å². The van der Waals surface area contributed by atoms with Crippen LogP contribution in [0.2, 0.25) is 0 Å². The normalized spacial score (nSPS) is 23.6. The van der Waals surface area contributed by atoms with Gasteiger partial charge in [-0.25, -0.2) is 4.98 Å². The third-order valence-electron chi connectivity index (χ3n) is 2.99. The second-order valence-corrected chi connectivity index (χ2v) is 5.83. The van der Waals surface area contributed by atoms with Gasteiger partial charge in [-0.2, -0.15) is 0 Å². The number of thiazole rings is 1. The zero-order valence-corrected chi connectivity index (χ0v) is 11.5. The Kier molecular flexibility index (Phi) is 4.31. The zero-order valence-electron chi connectivity index (χ0n) is 10.7. The van der Waals surface area contributed by atoms with Crippen molar-refractivity contribution >= 4 is 22.4 Å². The van der Waals surface area contributed by atoms with E-state index in [1.54, 1.807) is 0 Å². The Morgan fingerprint density at radius 3 is 3.00 bits per heavy atom. The van der Waals surface area contributed by atoms with Crippen molar-refractivity contribution in [1.82, 2.24) is 4.98 Å². The maximum Gasteiger partial charge on any atom is 0.255 e. The summed E-state index contributed by atoms with van der Waals surface area (Å²) in [5, 5.41) is 3.45. The molecule has 0 aromatic carbocycles. The van der Waals surface area contributed by atoms with Crippen molar-refractivity contribution in [2.45, 2.75) is 44.8 Å². The molecule has 1 amide bonds. The van der Waals surface area contributed by atoms with E-state index in [4.69, 9.17) is 10.5 Å². The van der Waals surface area contributed by atoms with Crippen molar-refractivity contribution in [3.63, 3.8) is 0 Å². The highest BCUT2D eigenvalue weighted by atomic mass is 32.1. The molecule has 0 saturated carbocycles. The van der Waals surface area contributed by atoms with Gasteiger partial charge in [0.25, 0.3) is 5.91 Å². The first-order chi connectivity index (χ1) is 8.60. The molecule has 2 heterocycles. The van der Waals surface area contributed by atoms with E-state index in [1.807, 2.05) is 6.20 Å². The lowest BCUT2D eigenvalue weighted by Gasteiger charge is -2.11. The van der Waals surface area contributed by atoms with Crippen LogP contribution in [0.3, 0.4) is 0 Å². The molecule has 0 unspecified atom stereocenters. The Morgan fingerprint density at radius 2 is 2.44 bits per heavy atom. The lowest BCUT2D eigenvalue weighted by atomic mass is 10.2. The van der Waals surface area contributed by atoms with Gasteiger partial charge in [0.05, 0.1) is 6.10 Å². The molecule has 100 valence electrons. The number of hydrogen-bond donors (Lipinski definition) is 2. The molecule has 0 spiro atoms. The van der Waals surface area contributed by atoms with Gasteiger partial charge in [-0.1, -0.05) is 13.8 Å². The van der Waals surface area contributed by atoms with E-state index in [1.165, 1.54) is 11.3 Å². The maximum absolute atomic E-state index is 11.9. The average Bonchev–Trinajstić information content (AvgIpc) is 2.96. The van der Waals surface area contributed by atoms with Crippen molar-refractivity contribution in [2.75, 3.05) is 11.9 Å². The summed E-state index contributed by atoms with van der Waals surface area (Å²) in [6, 6.07) is 0. The molecule has 0 bridgehead atoms. The van der Waals surface area contributed by atoms with Crippen molar-refractivity contribution in [3.8, 4) is 0 Å². The third-order valence-corrected chi connectivity index (χ3v) is 4.20. The molecule has 5 nitrogen and oxygen atoms in total. The number of hydrogen-bond acceptors (Lipinski definition) is 5.